The van der Waals surface area contributed by atoms with Gasteiger partial charge in [-0.2, -0.15) is 10.3 Å². The molecule has 1 aliphatic rings. The van der Waals surface area contributed by atoms with Crippen molar-refractivity contribution >= 4 is 11.8 Å². The maximum absolute atomic E-state index is 4.05. The summed E-state index contributed by atoms with van der Waals surface area (Å²) in [6.07, 6.45) is 6.88. The molecule has 0 fully saturated rings. The van der Waals surface area contributed by atoms with Crippen LogP contribution in [0.5, 0.6) is 0 Å². The van der Waals surface area contributed by atoms with E-state index in [1.165, 1.54) is 41.7 Å². The minimum atomic E-state index is 0.927. The number of rotatable bonds is 2. The summed E-state index contributed by atoms with van der Waals surface area (Å²) in [6.45, 7) is 0. The Morgan fingerprint density at radius 2 is 2.00 bits per heavy atom. The van der Waals surface area contributed by atoms with E-state index in [4.69, 9.17) is 0 Å². The first-order valence-electron chi connectivity index (χ1n) is 5.57. The number of aromatic nitrogens is 3. The maximum atomic E-state index is 4.05. The molecular weight excluding hydrogens is 218 g/mol. The summed E-state index contributed by atoms with van der Waals surface area (Å²) in [5, 5.41) is 11.4. The average Bonchev–Trinajstić information content (AvgIpc) is 2.82. The van der Waals surface area contributed by atoms with E-state index in [-0.39, 0.29) is 0 Å². The lowest BCUT2D eigenvalue weighted by atomic mass is 9.92. The molecule has 1 aliphatic carbocycles. The standard InChI is InChI=1S/C12H13N3S/c1-2-4-10-7-11(6-5-9(10)3-1)16-12-8-13-15-14-12/h5-8H,1-4H2,(H,13,14,15). The highest BCUT2D eigenvalue weighted by Crippen LogP contribution is 2.29. The van der Waals surface area contributed by atoms with E-state index in [1.807, 2.05) is 0 Å². The fraction of sp³-hybridized carbons (Fsp3) is 0.333. The second-order valence-electron chi connectivity index (χ2n) is 4.05. The lowest BCUT2D eigenvalue weighted by Gasteiger charge is -2.15. The smallest absolute Gasteiger partial charge is 0.143 e. The van der Waals surface area contributed by atoms with Gasteiger partial charge in [0.1, 0.15) is 5.03 Å². The highest BCUT2D eigenvalue weighted by molar-refractivity contribution is 7.99. The van der Waals surface area contributed by atoms with Crippen LogP contribution in [0.2, 0.25) is 0 Å². The molecule has 1 aromatic carbocycles. The summed E-state index contributed by atoms with van der Waals surface area (Å²) in [4.78, 5) is 1.26. The van der Waals surface area contributed by atoms with Crippen LogP contribution in [0.25, 0.3) is 0 Å². The molecule has 0 amide bonds. The molecule has 1 aromatic heterocycles. The summed E-state index contributed by atoms with van der Waals surface area (Å²) in [7, 11) is 0. The first kappa shape index (κ1) is 9.90. The van der Waals surface area contributed by atoms with Crippen LogP contribution in [0.3, 0.4) is 0 Å². The number of aryl methyl sites for hydroxylation is 2. The zero-order chi connectivity index (χ0) is 10.8. The van der Waals surface area contributed by atoms with Crippen molar-refractivity contribution in [2.45, 2.75) is 35.6 Å². The SMILES string of the molecule is c1cc2c(cc1Sc1cn[nH]n1)CCCC2. The number of nitrogens with zero attached hydrogens (tertiary/aromatic N) is 2. The molecular formula is C12H13N3S. The van der Waals surface area contributed by atoms with Gasteiger partial charge in [-0.05, 0) is 48.9 Å². The number of nitrogens with one attached hydrogen (secondary N) is 1. The van der Waals surface area contributed by atoms with Crippen molar-refractivity contribution in [3.8, 4) is 0 Å². The monoisotopic (exact) mass is 231 g/mol. The highest BCUT2D eigenvalue weighted by atomic mass is 32.2. The van der Waals surface area contributed by atoms with Gasteiger partial charge in [0.15, 0.2) is 0 Å². The van der Waals surface area contributed by atoms with E-state index < -0.39 is 0 Å². The van der Waals surface area contributed by atoms with Gasteiger partial charge in [-0.15, -0.1) is 5.10 Å². The number of H-pyrrole nitrogens is 1. The molecule has 0 atom stereocenters. The van der Waals surface area contributed by atoms with Gasteiger partial charge in [-0.3, -0.25) is 0 Å². The van der Waals surface area contributed by atoms with Gasteiger partial charge >= 0.3 is 0 Å². The quantitative estimate of drug-likeness (QED) is 0.864. The Labute approximate surface area is 98.7 Å². The van der Waals surface area contributed by atoms with E-state index in [0.29, 0.717) is 0 Å². The Bertz CT molecular complexity index is 479. The molecule has 4 heteroatoms. The predicted octanol–water partition coefficient (Wildman–Crippen LogP) is 2.83. The molecule has 0 bridgehead atoms. The lowest BCUT2D eigenvalue weighted by molar-refractivity contribution is 0.683. The second kappa shape index (κ2) is 4.29. The third-order valence-corrected chi connectivity index (χ3v) is 3.83. The number of hydrogen-bond acceptors (Lipinski definition) is 3. The second-order valence-corrected chi connectivity index (χ2v) is 5.14. The molecule has 1 heterocycles. The van der Waals surface area contributed by atoms with E-state index in [2.05, 4.69) is 33.6 Å². The Kier molecular flexibility index (Phi) is 2.66. The fourth-order valence-corrected chi connectivity index (χ4v) is 2.90. The van der Waals surface area contributed by atoms with Crippen LogP contribution in [0, 0.1) is 0 Å². The van der Waals surface area contributed by atoms with Crippen molar-refractivity contribution in [1.29, 1.82) is 0 Å². The van der Waals surface area contributed by atoms with Gasteiger partial charge in [0.05, 0.1) is 6.20 Å². The fourth-order valence-electron chi connectivity index (χ4n) is 2.13. The number of aromatic amines is 1. The van der Waals surface area contributed by atoms with Gasteiger partial charge in [-0.25, -0.2) is 0 Å². The van der Waals surface area contributed by atoms with Crippen LogP contribution in [0.4, 0.5) is 0 Å². The van der Waals surface area contributed by atoms with Crippen LogP contribution < -0.4 is 0 Å². The summed E-state index contributed by atoms with van der Waals surface area (Å²) in [5.41, 5.74) is 3.04. The van der Waals surface area contributed by atoms with Crippen LogP contribution in [0.15, 0.2) is 34.3 Å². The third kappa shape index (κ3) is 1.97. The van der Waals surface area contributed by atoms with Crippen LogP contribution >= 0.6 is 11.8 Å². The lowest BCUT2D eigenvalue weighted by Crippen LogP contribution is -2.01. The first-order chi connectivity index (χ1) is 7.92. The summed E-state index contributed by atoms with van der Waals surface area (Å²) in [5.74, 6) is 0. The Morgan fingerprint density at radius 3 is 2.81 bits per heavy atom. The Hall–Kier alpha value is -1.29. The molecule has 0 saturated carbocycles. The minimum Gasteiger partial charge on any atom is -0.197 e. The zero-order valence-electron chi connectivity index (χ0n) is 8.94. The molecule has 2 aromatic rings. The summed E-state index contributed by atoms with van der Waals surface area (Å²) < 4.78 is 0. The van der Waals surface area contributed by atoms with Gasteiger partial charge < -0.3 is 0 Å². The topological polar surface area (TPSA) is 41.6 Å². The zero-order valence-corrected chi connectivity index (χ0v) is 9.76. The Balaban J connectivity index is 1.86. The molecule has 0 aliphatic heterocycles. The van der Waals surface area contributed by atoms with Crippen molar-refractivity contribution in [2.75, 3.05) is 0 Å². The Morgan fingerprint density at radius 1 is 1.12 bits per heavy atom. The van der Waals surface area contributed by atoms with Crippen molar-refractivity contribution in [3.05, 3.63) is 35.5 Å². The number of benzene rings is 1. The predicted molar refractivity (Wildman–Crippen MR) is 63.6 cm³/mol. The molecule has 0 radical (unpaired) electrons. The number of fused-ring (bicyclic) bond motifs is 1. The van der Waals surface area contributed by atoms with E-state index in [1.54, 1.807) is 18.0 Å². The number of hydrogen-bond donors (Lipinski definition) is 1. The van der Waals surface area contributed by atoms with E-state index in [0.717, 1.165) is 5.03 Å². The summed E-state index contributed by atoms with van der Waals surface area (Å²) in [6, 6.07) is 6.74. The van der Waals surface area contributed by atoms with Crippen LogP contribution in [-0.2, 0) is 12.8 Å². The molecule has 3 nitrogen and oxygen atoms in total. The molecule has 82 valence electrons. The molecule has 0 spiro atoms. The van der Waals surface area contributed by atoms with Gasteiger partial charge in [-0.1, -0.05) is 17.8 Å². The molecule has 1 N–H and O–H groups in total. The van der Waals surface area contributed by atoms with Gasteiger partial charge in [0.25, 0.3) is 0 Å². The molecule has 3 rings (SSSR count). The minimum absolute atomic E-state index is 0.927. The first-order valence-corrected chi connectivity index (χ1v) is 6.39. The third-order valence-electron chi connectivity index (χ3n) is 2.94. The normalized spacial score (nSPS) is 14.8. The highest BCUT2D eigenvalue weighted by Gasteiger charge is 2.10. The molecule has 0 saturated heterocycles. The van der Waals surface area contributed by atoms with E-state index in [9.17, 15) is 0 Å². The van der Waals surface area contributed by atoms with Crippen LogP contribution in [-0.4, -0.2) is 15.4 Å². The molecule has 16 heavy (non-hydrogen) atoms. The van der Waals surface area contributed by atoms with Crippen molar-refractivity contribution < 1.29 is 0 Å². The van der Waals surface area contributed by atoms with Gasteiger partial charge in [0.2, 0.25) is 0 Å². The van der Waals surface area contributed by atoms with Crippen molar-refractivity contribution in [2.24, 2.45) is 0 Å². The van der Waals surface area contributed by atoms with Crippen LogP contribution in [0.1, 0.15) is 24.0 Å². The van der Waals surface area contributed by atoms with E-state index >= 15 is 0 Å². The summed E-state index contributed by atoms with van der Waals surface area (Å²) >= 11 is 1.66. The molecule has 0 unspecified atom stereocenters. The van der Waals surface area contributed by atoms with Crippen molar-refractivity contribution in [3.63, 3.8) is 0 Å². The maximum Gasteiger partial charge on any atom is 0.143 e. The van der Waals surface area contributed by atoms with Crippen molar-refractivity contribution in [1.82, 2.24) is 15.4 Å². The van der Waals surface area contributed by atoms with Gasteiger partial charge in [0, 0.05) is 4.90 Å². The largest absolute Gasteiger partial charge is 0.197 e. The average molecular weight is 231 g/mol.